The van der Waals surface area contributed by atoms with E-state index >= 15 is 0 Å². The van der Waals surface area contributed by atoms with Crippen LogP contribution in [-0.4, -0.2) is 66.2 Å². The minimum absolute atomic E-state index is 0.0793. The Kier molecular flexibility index (Phi) is 5.58. The first-order valence-corrected chi connectivity index (χ1v) is 7.69. The van der Waals surface area contributed by atoms with Crippen LogP contribution in [0.1, 0.15) is 4.88 Å². The van der Waals surface area contributed by atoms with Gasteiger partial charge in [0.2, 0.25) is 5.91 Å². The molecular formula is C13H17ClN2O4S. The predicted molar refractivity (Wildman–Crippen MR) is 79.6 cm³/mol. The van der Waals surface area contributed by atoms with Crippen molar-refractivity contribution in [2.45, 2.75) is 12.6 Å². The number of aliphatic carboxylic acids is 1. The van der Waals surface area contributed by atoms with Gasteiger partial charge in [-0.15, -0.1) is 11.3 Å². The molecule has 6 nitrogen and oxygen atoms in total. The molecule has 1 aromatic rings. The van der Waals surface area contributed by atoms with Crippen molar-refractivity contribution in [1.82, 2.24) is 9.80 Å². The third-order valence-corrected chi connectivity index (χ3v) is 4.53. The largest absolute Gasteiger partial charge is 0.480 e. The van der Waals surface area contributed by atoms with E-state index in [0.717, 1.165) is 4.88 Å². The quantitative estimate of drug-likeness (QED) is 0.875. The van der Waals surface area contributed by atoms with E-state index in [9.17, 15) is 9.59 Å². The molecule has 0 aliphatic carbocycles. The summed E-state index contributed by atoms with van der Waals surface area (Å²) in [5, 5.41) is 9.14. The average Bonchev–Trinajstić information content (AvgIpc) is 2.84. The molecule has 2 heterocycles. The summed E-state index contributed by atoms with van der Waals surface area (Å²) in [6.45, 7) is 1.56. The Morgan fingerprint density at radius 1 is 1.57 bits per heavy atom. The van der Waals surface area contributed by atoms with E-state index in [1.54, 1.807) is 22.9 Å². The fourth-order valence-electron chi connectivity index (χ4n) is 2.11. The summed E-state index contributed by atoms with van der Waals surface area (Å²) in [6, 6.07) is 2.92. The van der Waals surface area contributed by atoms with Crippen molar-refractivity contribution < 1.29 is 19.4 Å². The number of carbonyl (C=O) groups is 2. The lowest BCUT2D eigenvalue weighted by atomic mass is 10.2. The monoisotopic (exact) mass is 332 g/mol. The molecule has 1 aromatic heterocycles. The number of rotatable bonds is 5. The molecule has 0 radical (unpaired) electrons. The highest BCUT2D eigenvalue weighted by Crippen LogP contribution is 2.22. The smallest absolute Gasteiger partial charge is 0.323 e. The fraction of sp³-hybridized carbons (Fsp3) is 0.538. The lowest BCUT2D eigenvalue weighted by Crippen LogP contribution is -2.53. The first-order valence-electron chi connectivity index (χ1n) is 6.50. The number of nitrogens with zero attached hydrogens (tertiary/aromatic N) is 2. The van der Waals surface area contributed by atoms with Crippen molar-refractivity contribution in [3.8, 4) is 0 Å². The Balaban J connectivity index is 1.91. The van der Waals surface area contributed by atoms with Crippen molar-refractivity contribution in [3.63, 3.8) is 0 Å². The first kappa shape index (κ1) is 16.2. The summed E-state index contributed by atoms with van der Waals surface area (Å²) < 4.78 is 5.84. The highest BCUT2D eigenvalue weighted by atomic mass is 35.5. The van der Waals surface area contributed by atoms with Crippen LogP contribution in [0.3, 0.4) is 0 Å². The minimum atomic E-state index is -0.963. The molecule has 1 amide bonds. The molecule has 0 aromatic carbocycles. The van der Waals surface area contributed by atoms with Crippen molar-refractivity contribution in [2.24, 2.45) is 0 Å². The molecule has 0 saturated carbocycles. The molecule has 0 bridgehead atoms. The normalized spacial score (nSPS) is 19.4. The molecule has 1 unspecified atom stereocenters. The van der Waals surface area contributed by atoms with Gasteiger partial charge in [0.1, 0.15) is 6.04 Å². The summed E-state index contributed by atoms with van der Waals surface area (Å²) in [5.74, 6) is -1.08. The van der Waals surface area contributed by atoms with Gasteiger partial charge in [0.15, 0.2) is 0 Å². The van der Waals surface area contributed by atoms with E-state index in [2.05, 4.69) is 0 Å². The van der Waals surface area contributed by atoms with Crippen molar-refractivity contribution in [2.75, 3.05) is 33.4 Å². The van der Waals surface area contributed by atoms with E-state index in [1.165, 1.54) is 11.3 Å². The van der Waals surface area contributed by atoms with E-state index in [1.807, 2.05) is 6.07 Å². The zero-order chi connectivity index (χ0) is 15.4. The van der Waals surface area contributed by atoms with Gasteiger partial charge in [-0.3, -0.25) is 14.5 Å². The number of halogens is 1. The standard InChI is InChI=1S/C13H17ClN2O4S/c1-15(6-9-2-3-11(14)21-9)12(17)7-16-4-5-20-8-10(16)13(18)19/h2-3,10H,4-8H2,1H3,(H,18,19). The van der Waals surface area contributed by atoms with Gasteiger partial charge in [0.25, 0.3) is 0 Å². The average molecular weight is 333 g/mol. The summed E-state index contributed by atoms with van der Waals surface area (Å²) in [7, 11) is 1.70. The zero-order valence-electron chi connectivity index (χ0n) is 11.6. The SMILES string of the molecule is CN(Cc1ccc(Cl)s1)C(=O)CN1CCOCC1C(=O)O. The summed E-state index contributed by atoms with van der Waals surface area (Å²) >= 11 is 7.29. The molecule has 1 aliphatic heterocycles. The van der Waals surface area contributed by atoms with Crippen LogP contribution >= 0.6 is 22.9 Å². The molecule has 21 heavy (non-hydrogen) atoms. The molecule has 1 saturated heterocycles. The number of hydrogen-bond acceptors (Lipinski definition) is 5. The maximum Gasteiger partial charge on any atom is 0.323 e. The van der Waals surface area contributed by atoms with Crippen LogP contribution in [-0.2, 0) is 20.9 Å². The van der Waals surface area contributed by atoms with Gasteiger partial charge in [-0.05, 0) is 12.1 Å². The van der Waals surface area contributed by atoms with E-state index < -0.39 is 12.0 Å². The lowest BCUT2D eigenvalue weighted by Gasteiger charge is -2.33. The second-order valence-electron chi connectivity index (χ2n) is 4.86. The number of likely N-dealkylation sites (N-methyl/N-ethyl adjacent to an activating group) is 1. The fourth-order valence-corrected chi connectivity index (χ4v) is 3.25. The second kappa shape index (κ2) is 7.22. The Labute approximate surface area is 131 Å². The minimum Gasteiger partial charge on any atom is -0.480 e. The van der Waals surface area contributed by atoms with E-state index in [4.69, 9.17) is 21.4 Å². The topological polar surface area (TPSA) is 70.1 Å². The van der Waals surface area contributed by atoms with Crippen molar-refractivity contribution in [3.05, 3.63) is 21.3 Å². The Morgan fingerprint density at radius 3 is 2.95 bits per heavy atom. The summed E-state index contributed by atoms with van der Waals surface area (Å²) in [6.07, 6.45) is 0. The van der Waals surface area contributed by atoms with Gasteiger partial charge in [-0.2, -0.15) is 0 Å². The van der Waals surface area contributed by atoms with E-state index in [0.29, 0.717) is 24.0 Å². The maximum atomic E-state index is 12.2. The van der Waals surface area contributed by atoms with Crippen LogP contribution in [0.2, 0.25) is 4.34 Å². The highest BCUT2D eigenvalue weighted by Gasteiger charge is 2.31. The Bertz CT molecular complexity index is 522. The van der Waals surface area contributed by atoms with Gasteiger partial charge in [0.05, 0.1) is 30.6 Å². The number of hydrogen-bond donors (Lipinski definition) is 1. The van der Waals surface area contributed by atoms with Gasteiger partial charge in [0, 0.05) is 18.5 Å². The molecule has 0 spiro atoms. The first-order chi connectivity index (χ1) is 9.97. The second-order valence-corrected chi connectivity index (χ2v) is 6.65. The van der Waals surface area contributed by atoms with Gasteiger partial charge >= 0.3 is 5.97 Å². The Hall–Kier alpha value is -1.15. The maximum absolute atomic E-state index is 12.2. The van der Waals surface area contributed by atoms with Crippen molar-refractivity contribution >= 4 is 34.8 Å². The van der Waals surface area contributed by atoms with Crippen LogP contribution in [0, 0.1) is 0 Å². The van der Waals surface area contributed by atoms with Crippen LogP contribution < -0.4 is 0 Å². The van der Waals surface area contributed by atoms with Gasteiger partial charge < -0.3 is 14.7 Å². The molecular weight excluding hydrogens is 316 g/mol. The number of ether oxygens (including phenoxy) is 1. The number of morpholine rings is 1. The molecule has 1 fully saturated rings. The summed E-state index contributed by atoms with van der Waals surface area (Å²) in [4.78, 5) is 27.6. The molecule has 8 heteroatoms. The third kappa shape index (κ3) is 4.41. The predicted octanol–water partition coefficient (Wildman–Crippen LogP) is 1.15. The molecule has 116 valence electrons. The molecule has 1 atom stereocenters. The summed E-state index contributed by atoms with van der Waals surface area (Å²) in [5.41, 5.74) is 0. The van der Waals surface area contributed by atoms with Gasteiger partial charge in [-0.25, -0.2) is 0 Å². The van der Waals surface area contributed by atoms with Crippen molar-refractivity contribution in [1.29, 1.82) is 0 Å². The molecule has 2 rings (SSSR count). The number of carbonyl (C=O) groups excluding carboxylic acids is 1. The van der Waals surface area contributed by atoms with Gasteiger partial charge in [-0.1, -0.05) is 11.6 Å². The molecule has 1 N–H and O–H groups in total. The van der Waals surface area contributed by atoms with Crippen LogP contribution in [0.4, 0.5) is 0 Å². The number of carboxylic acids is 1. The Morgan fingerprint density at radius 2 is 2.33 bits per heavy atom. The molecule has 1 aliphatic rings. The van der Waals surface area contributed by atoms with Crippen LogP contribution in [0.5, 0.6) is 0 Å². The van der Waals surface area contributed by atoms with E-state index in [-0.39, 0.29) is 19.1 Å². The lowest BCUT2D eigenvalue weighted by molar-refractivity contribution is -0.151. The highest BCUT2D eigenvalue weighted by molar-refractivity contribution is 7.16. The number of amides is 1. The number of thiophene rings is 1. The zero-order valence-corrected chi connectivity index (χ0v) is 13.2. The third-order valence-electron chi connectivity index (χ3n) is 3.31. The van der Waals surface area contributed by atoms with Crippen LogP contribution in [0.25, 0.3) is 0 Å². The van der Waals surface area contributed by atoms with Crippen LogP contribution in [0.15, 0.2) is 12.1 Å². The number of carboxylic acid groups (broad SMARTS) is 1.